The van der Waals surface area contributed by atoms with Crippen LogP contribution in [0.3, 0.4) is 0 Å². The quantitative estimate of drug-likeness (QED) is 0.377. The first kappa shape index (κ1) is 8.60. The number of allylic oxidation sites excluding steroid dienone is 4. The van der Waals surface area contributed by atoms with Gasteiger partial charge < -0.3 is 0 Å². The lowest BCUT2D eigenvalue weighted by atomic mass is 10.3. The molecule has 0 bridgehead atoms. The SMILES string of the molecule is C#C/C=C\C=C(\C)C#CC. The van der Waals surface area contributed by atoms with Gasteiger partial charge in [0, 0.05) is 0 Å². The molecule has 0 aromatic heterocycles. The molecule has 0 spiro atoms. The fourth-order valence-corrected chi connectivity index (χ4v) is 0.487. The second kappa shape index (κ2) is 5.73. The van der Waals surface area contributed by atoms with E-state index in [9.17, 15) is 0 Å². The van der Waals surface area contributed by atoms with Gasteiger partial charge in [-0.3, -0.25) is 0 Å². The Bertz CT molecular complexity index is 235. The van der Waals surface area contributed by atoms with Crippen molar-refractivity contribution in [2.45, 2.75) is 13.8 Å². The summed E-state index contributed by atoms with van der Waals surface area (Å²) >= 11 is 0. The van der Waals surface area contributed by atoms with Gasteiger partial charge in [-0.05, 0) is 25.5 Å². The summed E-state index contributed by atoms with van der Waals surface area (Å²) in [7, 11) is 0. The van der Waals surface area contributed by atoms with Crippen molar-refractivity contribution >= 4 is 0 Å². The highest BCUT2D eigenvalue weighted by molar-refractivity contribution is 5.30. The summed E-state index contributed by atoms with van der Waals surface area (Å²) < 4.78 is 0. The van der Waals surface area contributed by atoms with Gasteiger partial charge in [0.25, 0.3) is 0 Å². The highest BCUT2D eigenvalue weighted by atomic mass is 13.8. The molecule has 0 atom stereocenters. The Morgan fingerprint density at radius 3 is 2.70 bits per heavy atom. The Morgan fingerprint density at radius 2 is 2.20 bits per heavy atom. The maximum Gasteiger partial charge on any atom is -0.00107 e. The normalized spacial score (nSPS) is 10.3. The zero-order valence-electron chi connectivity index (χ0n) is 6.31. The van der Waals surface area contributed by atoms with E-state index in [0.29, 0.717) is 0 Å². The molecular formula is C10H10. The topological polar surface area (TPSA) is 0 Å². The molecule has 0 aliphatic heterocycles. The average Bonchev–Trinajstić information content (AvgIpc) is 1.89. The number of terminal acetylenes is 1. The van der Waals surface area contributed by atoms with E-state index < -0.39 is 0 Å². The highest BCUT2D eigenvalue weighted by Crippen LogP contribution is 1.88. The largest absolute Gasteiger partial charge is 0.115 e. The third-order valence-corrected chi connectivity index (χ3v) is 0.861. The maximum atomic E-state index is 4.99. The first-order chi connectivity index (χ1) is 4.81. The Balaban J connectivity index is 4.03. The van der Waals surface area contributed by atoms with Gasteiger partial charge in [-0.15, -0.1) is 12.3 Å². The molecule has 0 N–H and O–H groups in total. The van der Waals surface area contributed by atoms with Crippen molar-refractivity contribution < 1.29 is 0 Å². The van der Waals surface area contributed by atoms with Crippen molar-refractivity contribution in [2.24, 2.45) is 0 Å². The number of hydrogen-bond acceptors (Lipinski definition) is 0. The highest BCUT2D eigenvalue weighted by Gasteiger charge is 1.72. The predicted octanol–water partition coefficient (Wildman–Crippen LogP) is 2.15. The number of hydrogen-bond donors (Lipinski definition) is 0. The molecule has 0 rings (SSSR count). The molecule has 50 valence electrons. The molecule has 0 aliphatic carbocycles. The summed E-state index contributed by atoms with van der Waals surface area (Å²) in [6.45, 7) is 3.75. The van der Waals surface area contributed by atoms with Gasteiger partial charge in [0.15, 0.2) is 0 Å². The maximum absolute atomic E-state index is 4.99. The van der Waals surface area contributed by atoms with Crippen LogP contribution in [0.5, 0.6) is 0 Å². The molecule has 0 aromatic carbocycles. The Morgan fingerprint density at radius 1 is 1.50 bits per heavy atom. The predicted molar refractivity (Wildman–Crippen MR) is 45.2 cm³/mol. The minimum Gasteiger partial charge on any atom is -0.115 e. The Labute approximate surface area is 62.6 Å². The van der Waals surface area contributed by atoms with Crippen LogP contribution in [0.15, 0.2) is 23.8 Å². The molecule has 0 aromatic rings. The molecule has 0 heterocycles. The van der Waals surface area contributed by atoms with Crippen molar-refractivity contribution in [3.05, 3.63) is 23.8 Å². The summed E-state index contributed by atoms with van der Waals surface area (Å²) in [6.07, 6.45) is 10.3. The molecule has 0 radical (unpaired) electrons. The van der Waals surface area contributed by atoms with Crippen LogP contribution in [0.2, 0.25) is 0 Å². The van der Waals surface area contributed by atoms with Crippen LogP contribution < -0.4 is 0 Å². The van der Waals surface area contributed by atoms with Crippen LogP contribution in [-0.2, 0) is 0 Å². The molecule has 0 nitrogen and oxygen atoms in total. The van der Waals surface area contributed by atoms with E-state index >= 15 is 0 Å². The zero-order chi connectivity index (χ0) is 7.82. The zero-order valence-corrected chi connectivity index (χ0v) is 6.31. The fraction of sp³-hybridized carbons (Fsp3) is 0.200. The van der Waals surface area contributed by atoms with Crippen LogP contribution in [0, 0.1) is 24.2 Å². The van der Waals surface area contributed by atoms with Crippen molar-refractivity contribution in [3.63, 3.8) is 0 Å². The second-order valence-electron chi connectivity index (χ2n) is 1.75. The van der Waals surface area contributed by atoms with Crippen LogP contribution >= 0.6 is 0 Å². The lowest BCUT2D eigenvalue weighted by molar-refractivity contribution is 1.57. The van der Waals surface area contributed by atoms with Crippen molar-refractivity contribution in [3.8, 4) is 24.2 Å². The molecule has 0 unspecified atom stereocenters. The molecule has 0 saturated carbocycles. The van der Waals surface area contributed by atoms with Crippen molar-refractivity contribution in [1.29, 1.82) is 0 Å². The lowest BCUT2D eigenvalue weighted by Crippen LogP contribution is -1.64. The smallest absolute Gasteiger partial charge is 0.00107 e. The molecule has 0 heteroatoms. The van der Waals surface area contributed by atoms with Gasteiger partial charge in [0.05, 0.1) is 0 Å². The van der Waals surface area contributed by atoms with Crippen LogP contribution in [0.25, 0.3) is 0 Å². The first-order valence-electron chi connectivity index (χ1n) is 3.03. The van der Waals surface area contributed by atoms with Crippen LogP contribution in [-0.4, -0.2) is 0 Å². The van der Waals surface area contributed by atoms with E-state index in [2.05, 4.69) is 17.8 Å². The van der Waals surface area contributed by atoms with E-state index in [4.69, 9.17) is 6.42 Å². The lowest BCUT2D eigenvalue weighted by Gasteiger charge is -1.79. The minimum absolute atomic E-state index is 1.02. The fourth-order valence-electron chi connectivity index (χ4n) is 0.487. The van der Waals surface area contributed by atoms with Gasteiger partial charge in [0.1, 0.15) is 0 Å². The van der Waals surface area contributed by atoms with Gasteiger partial charge in [-0.25, -0.2) is 0 Å². The van der Waals surface area contributed by atoms with E-state index in [1.54, 1.807) is 12.2 Å². The van der Waals surface area contributed by atoms with Gasteiger partial charge in [-0.2, -0.15) is 0 Å². The third-order valence-electron chi connectivity index (χ3n) is 0.861. The summed E-state index contributed by atoms with van der Waals surface area (Å²) in [4.78, 5) is 0. The monoisotopic (exact) mass is 130 g/mol. The third kappa shape index (κ3) is 4.75. The van der Waals surface area contributed by atoms with E-state index in [-0.39, 0.29) is 0 Å². The molecule has 0 amide bonds. The van der Waals surface area contributed by atoms with E-state index in [0.717, 1.165) is 5.57 Å². The minimum atomic E-state index is 1.02. The van der Waals surface area contributed by atoms with E-state index in [1.165, 1.54) is 0 Å². The van der Waals surface area contributed by atoms with Gasteiger partial charge >= 0.3 is 0 Å². The Hall–Kier alpha value is -1.40. The van der Waals surface area contributed by atoms with Gasteiger partial charge in [0.2, 0.25) is 0 Å². The van der Waals surface area contributed by atoms with Crippen LogP contribution in [0.1, 0.15) is 13.8 Å². The first-order valence-corrected chi connectivity index (χ1v) is 3.03. The van der Waals surface area contributed by atoms with Gasteiger partial charge in [-0.1, -0.05) is 24.0 Å². The summed E-state index contributed by atoms with van der Waals surface area (Å²) in [6, 6.07) is 0. The van der Waals surface area contributed by atoms with Crippen LogP contribution in [0.4, 0.5) is 0 Å². The number of rotatable bonds is 1. The summed E-state index contributed by atoms with van der Waals surface area (Å²) in [5, 5.41) is 0. The summed E-state index contributed by atoms with van der Waals surface area (Å²) in [5.41, 5.74) is 1.02. The van der Waals surface area contributed by atoms with E-state index in [1.807, 2.05) is 19.9 Å². The molecule has 0 aliphatic rings. The molecular weight excluding hydrogens is 120 g/mol. The molecule has 0 saturated heterocycles. The molecule has 10 heavy (non-hydrogen) atoms. The average molecular weight is 130 g/mol. The second-order valence-corrected chi connectivity index (χ2v) is 1.75. The van der Waals surface area contributed by atoms with Crippen molar-refractivity contribution in [2.75, 3.05) is 0 Å². The summed E-state index contributed by atoms with van der Waals surface area (Å²) in [5.74, 6) is 8.08. The molecule has 0 fully saturated rings. The Kier molecular flexibility index (Phi) is 4.93. The standard InChI is InChI=1S/C10H10/c1-4-6-7-9-10(3)8-5-2/h1,6-7,9H,2-3H3/b7-6-,10-9-. The van der Waals surface area contributed by atoms with Crippen molar-refractivity contribution in [1.82, 2.24) is 0 Å².